The van der Waals surface area contributed by atoms with Crippen molar-refractivity contribution in [1.29, 1.82) is 0 Å². The number of rotatable bonds is 6. The maximum absolute atomic E-state index is 12.3. The van der Waals surface area contributed by atoms with E-state index in [1.165, 1.54) is 0 Å². The molecule has 0 fully saturated rings. The van der Waals surface area contributed by atoms with E-state index in [2.05, 4.69) is 10.3 Å². The highest BCUT2D eigenvalue weighted by Crippen LogP contribution is 2.19. The van der Waals surface area contributed by atoms with Gasteiger partial charge in [0.05, 0.1) is 13.2 Å². The third-order valence-electron chi connectivity index (χ3n) is 2.72. The summed E-state index contributed by atoms with van der Waals surface area (Å²) in [6.45, 7) is 4.84. The average Bonchev–Trinajstić information content (AvgIpc) is 2.50. The van der Waals surface area contributed by atoms with Gasteiger partial charge in [-0.3, -0.25) is 4.79 Å². The molecule has 0 unspecified atom stereocenters. The monoisotopic (exact) mass is 286 g/mol. The van der Waals surface area contributed by atoms with Gasteiger partial charge < -0.3 is 14.8 Å². The van der Waals surface area contributed by atoms with Crippen molar-refractivity contribution in [2.75, 3.05) is 18.5 Å². The molecular weight excluding hydrogens is 268 g/mol. The molecule has 1 N–H and O–H groups in total. The van der Waals surface area contributed by atoms with Crippen LogP contribution in [0.25, 0.3) is 0 Å². The Labute approximate surface area is 123 Å². The molecule has 5 heteroatoms. The van der Waals surface area contributed by atoms with Gasteiger partial charge in [-0.2, -0.15) is 0 Å². The predicted molar refractivity (Wildman–Crippen MR) is 81.0 cm³/mol. The molecule has 1 amide bonds. The quantitative estimate of drug-likeness (QED) is 0.886. The van der Waals surface area contributed by atoms with E-state index in [4.69, 9.17) is 9.47 Å². The minimum atomic E-state index is -0.254. The molecule has 0 saturated heterocycles. The van der Waals surface area contributed by atoms with Crippen molar-refractivity contribution in [2.45, 2.75) is 13.8 Å². The van der Waals surface area contributed by atoms with Crippen molar-refractivity contribution in [1.82, 2.24) is 4.98 Å². The molecular formula is C16H18N2O3. The molecule has 0 aliphatic rings. The van der Waals surface area contributed by atoms with Crippen molar-refractivity contribution in [2.24, 2.45) is 0 Å². The van der Waals surface area contributed by atoms with Crippen LogP contribution in [0, 0.1) is 0 Å². The molecule has 0 aliphatic carbocycles. The molecule has 0 saturated carbocycles. The van der Waals surface area contributed by atoms with Crippen LogP contribution in [0.5, 0.6) is 11.6 Å². The second-order valence-electron chi connectivity index (χ2n) is 4.20. The molecule has 0 bridgehead atoms. The van der Waals surface area contributed by atoms with Gasteiger partial charge in [-0.1, -0.05) is 0 Å². The number of aromatic nitrogens is 1. The van der Waals surface area contributed by atoms with Crippen molar-refractivity contribution >= 4 is 11.6 Å². The van der Waals surface area contributed by atoms with Gasteiger partial charge in [-0.25, -0.2) is 4.98 Å². The maximum atomic E-state index is 12.3. The summed E-state index contributed by atoms with van der Waals surface area (Å²) in [4.78, 5) is 16.3. The van der Waals surface area contributed by atoms with Gasteiger partial charge in [0.1, 0.15) is 11.3 Å². The van der Waals surface area contributed by atoms with Gasteiger partial charge >= 0.3 is 0 Å². The first kappa shape index (κ1) is 14.8. The molecule has 0 atom stereocenters. The molecule has 2 rings (SSSR count). The minimum absolute atomic E-state index is 0.254. The molecule has 1 aromatic carbocycles. The van der Waals surface area contributed by atoms with Crippen LogP contribution in [-0.4, -0.2) is 24.1 Å². The SMILES string of the molecule is CCOc1ccc(NC(=O)c2cccnc2OCC)cc1. The summed E-state index contributed by atoms with van der Waals surface area (Å²) >= 11 is 0. The highest BCUT2D eigenvalue weighted by atomic mass is 16.5. The maximum Gasteiger partial charge on any atom is 0.261 e. The van der Waals surface area contributed by atoms with Crippen LogP contribution in [0.2, 0.25) is 0 Å². The Bertz CT molecular complexity index is 597. The molecule has 0 radical (unpaired) electrons. The van der Waals surface area contributed by atoms with Gasteiger partial charge in [0.2, 0.25) is 5.88 Å². The zero-order chi connectivity index (χ0) is 15.1. The molecule has 0 spiro atoms. The van der Waals surface area contributed by atoms with E-state index in [1.807, 2.05) is 26.0 Å². The average molecular weight is 286 g/mol. The van der Waals surface area contributed by atoms with Crippen LogP contribution in [0.15, 0.2) is 42.6 Å². The molecule has 21 heavy (non-hydrogen) atoms. The number of pyridine rings is 1. The summed E-state index contributed by atoms with van der Waals surface area (Å²) < 4.78 is 10.7. The lowest BCUT2D eigenvalue weighted by Crippen LogP contribution is -2.14. The number of nitrogens with one attached hydrogen (secondary N) is 1. The number of benzene rings is 1. The number of ether oxygens (including phenoxy) is 2. The topological polar surface area (TPSA) is 60.5 Å². The van der Waals surface area contributed by atoms with E-state index < -0.39 is 0 Å². The summed E-state index contributed by atoms with van der Waals surface area (Å²) in [6.07, 6.45) is 1.60. The number of anilines is 1. The first-order valence-electron chi connectivity index (χ1n) is 6.86. The predicted octanol–water partition coefficient (Wildman–Crippen LogP) is 3.13. The number of amides is 1. The van der Waals surface area contributed by atoms with Crippen LogP contribution < -0.4 is 14.8 Å². The summed E-state index contributed by atoms with van der Waals surface area (Å²) in [5.74, 6) is 0.853. The molecule has 5 nitrogen and oxygen atoms in total. The van der Waals surface area contributed by atoms with Gasteiger partial charge in [0.15, 0.2) is 0 Å². The van der Waals surface area contributed by atoms with Crippen molar-refractivity contribution in [3.05, 3.63) is 48.2 Å². The van der Waals surface area contributed by atoms with Crippen LogP contribution in [0.1, 0.15) is 24.2 Å². The van der Waals surface area contributed by atoms with Crippen LogP contribution in [0.4, 0.5) is 5.69 Å². The molecule has 0 aliphatic heterocycles. The molecule has 1 heterocycles. The van der Waals surface area contributed by atoms with Gasteiger partial charge in [0, 0.05) is 11.9 Å². The van der Waals surface area contributed by atoms with E-state index in [1.54, 1.807) is 30.5 Å². The highest BCUT2D eigenvalue weighted by molar-refractivity contribution is 6.05. The summed E-state index contributed by atoms with van der Waals surface area (Å²) in [5.41, 5.74) is 1.10. The number of carbonyl (C=O) groups excluding carboxylic acids is 1. The van der Waals surface area contributed by atoms with Crippen molar-refractivity contribution < 1.29 is 14.3 Å². The first-order chi connectivity index (χ1) is 10.2. The normalized spacial score (nSPS) is 10.0. The number of hydrogen-bond donors (Lipinski definition) is 1. The third kappa shape index (κ3) is 3.95. The standard InChI is InChI=1S/C16H18N2O3/c1-3-20-13-9-7-12(8-10-13)18-15(19)14-6-5-11-17-16(14)21-4-2/h5-11H,3-4H2,1-2H3,(H,18,19). The summed E-state index contributed by atoms with van der Waals surface area (Å²) in [6, 6.07) is 10.6. The Hall–Kier alpha value is -2.56. The fourth-order valence-electron chi connectivity index (χ4n) is 1.81. The number of carbonyl (C=O) groups is 1. The first-order valence-corrected chi connectivity index (χ1v) is 6.86. The van der Waals surface area contributed by atoms with Gasteiger partial charge in [0.25, 0.3) is 5.91 Å². The van der Waals surface area contributed by atoms with Gasteiger partial charge in [-0.15, -0.1) is 0 Å². The largest absolute Gasteiger partial charge is 0.494 e. The Morgan fingerprint density at radius 2 is 1.81 bits per heavy atom. The fraction of sp³-hybridized carbons (Fsp3) is 0.250. The Morgan fingerprint density at radius 1 is 1.10 bits per heavy atom. The Balaban J connectivity index is 2.10. The Morgan fingerprint density at radius 3 is 2.48 bits per heavy atom. The van der Waals surface area contributed by atoms with Crippen LogP contribution in [0.3, 0.4) is 0 Å². The second kappa shape index (κ2) is 7.28. The minimum Gasteiger partial charge on any atom is -0.494 e. The second-order valence-corrected chi connectivity index (χ2v) is 4.20. The van der Waals surface area contributed by atoms with E-state index in [0.717, 1.165) is 5.75 Å². The van der Waals surface area contributed by atoms with Crippen LogP contribution in [-0.2, 0) is 0 Å². The lowest BCUT2D eigenvalue weighted by atomic mass is 10.2. The van der Waals surface area contributed by atoms with E-state index in [-0.39, 0.29) is 5.91 Å². The van der Waals surface area contributed by atoms with Gasteiger partial charge in [-0.05, 0) is 50.2 Å². The Kier molecular flexibility index (Phi) is 5.15. The molecule has 2 aromatic rings. The summed E-state index contributed by atoms with van der Waals surface area (Å²) in [7, 11) is 0. The zero-order valence-corrected chi connectivity index (χ0v) is 12.1. The van der Waals surface area contributed by atoms with E-state index in [0.29, 0.717) is 30.3 Å². The molecule has 110 valence electrons. The third-order valence-corrected chi connectivity index (χ3v) is 2.72. The lowest BCUT2D eigenvalue weighted by molar-refractivity contribution is 0.102. The van der Waals surface area contributed by atoms with E-state index >= 15 is 0 Å². The fourth-order valence-corrected chi connectivity index (χ4v) is 1.81. The van der Waals surface area contributed by atoms with Crippen molar-refractivity contribution in [3.8, 4) is 11.6 Å². The zero-order valence-electron chi connectivity index (χ0n) is 12.1. The smallest absolute Gasteiger partial charge is 0.261 e. The van der Waals surface area contributed by atoms with Crippen molar-refractivity contribution in [3.63, 3.8) is 0 Å². The molecule has 1 aromatic heterocycles. The van der Waals surface area contributed by atoms with E-state index in [9.17, 15) is 4.79 Å². The highest BCUT2D eigenvalue weighted by Gasteiger charge is 2.13. The lowest BCUT2D eigenvalue weighted by Gasteiger charge is -2.10. The summed E-state index contributed by atoms with van der Waals surface area (Å²) in [5, 5.41) is 2.81. The van der Waals surface area contributed by atoms with Crippen LogP contribution >= 0.6 is 0 Å². The number of hydrogen-bond acceptors (Lipinski definition) is 4. The number of nitrogens with zero attached hydrogens (tertiary/aromatic N) is 1.